The van der Waals surface area contributed by atoms with E-state index in [2.05, 4.69) is 56.1 Å². The van der Waals surface area contributed by atoms with Crippen LogP contribution in [0.15, 0.2) is 35.5 Å². The van der Waals surface area contributed by atoms with Crippen LogP contribution in [0.4, 0.5) is 0 Å². The van der Waals surface area contributed by atoms with Gasteiger partial charge in [0.2, 0.25) is 0 Å². The molecule has 0 amide bonds. The molecular formula is C18H24IN5S. The second kappa shape index (κ2) is 9.19. The average Bonchev–Trinajstić information content (AvgIpc) is 3.13. The first-order valence-electron chi connectivity index (χ1n) is 8.10. The highest BCUT2D eigenvalue weighted by Crippen LogP contribution is 2.18. The number of rotatable bonds is 5. The zero-order chi connectivity index (χ0) is 16.9. The molecule has 2 heterocycles. The van der Waals surface area contributed by atoms with Gasteiger partial charge in [-0.3, -0.25) is 4.99 Å². The van der Waals surface area contributed by atoms with Gasteiger partial charge in [0.1, 0.15) is 0 Å². The molecule has 134 valence electrons. The molecule has 0 unspecified atom stereocenters. The number of para-hydroxylation sites is 1. The van der Waals surface area contributed by atoms with Gasteiger partial charge in [-0.15, -0.1) is 35.3 Å². The number of nitrogens with one attached hydrogen (secondary N) is 3. The van der Waals surface area contributed by atoms with Crippen molar-refractivity contribution in [2.45, 2.75) is 26.8 Å². The Morgan fingerprint density at radius 3 is 2.76 bits per heavy atom. The van der Waals surface area contributed by atoms with Crippen LogP contribution >= 0.6 is 35.3 Å². The summed E-state index contributed by atoms with van der Waals surface area (Å²) < 4.78 is 0. The third-order valence-electron chi connectivity index (χ3n) is 4.00. The van der Waals surface area contributed by atoms with E-state index in [0.29, 0.717) is 0 Å². The molecule has 5 nitrogen and oxygen atoms in total. The zero-order valence-electron chi connectivity index (χ0n) is 14.7. The van der Waals surface area contributed by atoms with E-state index < -0.39 is 0 Å². The molecule has 0 radical (unpaired) electrons. The van der Waals surface area contributed by atoms with Crippen LogP contribution in [0.25, 0.3) is 10.9 Å². The lowest BCUT2D eigenvalue weighted by atomic mass is 10.1. The third kappa shape index (κ3) is 4.94. The molecule has 7 heteroatoms. The molecule has 0 aliphatic heterocycles. The Labute approximate surface area is 169 Å². The van der Waals surface area contributed by atoms with Crippen LogP contribution in [-0.4, -0.2) is 29.5 Å². The first-order valence-corrected chi connectivity index (χ1v) is 8.91. The van der Waals surface area contributed by atoms with Crippen LogP contribution in [0.5, 0.6) is 0 Å². The Morgan fingerprint density at radius 2 is 2.04 bits per heavy atom. The van der Waals surface area contributed by atoms with Gasteiger partial charge in [0.05, 0.1) is 17.2 Å². The van der Waals surface area contributed by atoms with Crippen LogP contribution in [0.1, 0.15) is 21.1 Å². The summed E-state index contributed by atoms with van der Waals surface area (Å²) in [4.78, 5) is 13.3. The number of benzene rings is 1. The van der Waals surface area contributed by atoms with Crippen molar-refractivity contribution in [3.63, 3.8) is 0 Å². The fourth-order valence-corrected chi connectivity index (χ4v) is 3.65. The highest BCUT2D eigenvalue weighted by atomic mass is 127. The van der Waals surface area contributed by atoms with Crippen molar-refractivity contribution in [2.24, 2.45) is 4.99 Å². The number of aliphatic imine (C=N–C) groups is 1. The molecule has 0 saturated heterocycles. The predicted molar refractivity (Wildman–Crippen MR) is 117 cm³/mol. The number of aromatic nitrogens is 2. The predicted octanol–water partition coefficient (Wildman–Crippen LogP) is 3.77. The van der Waals surface area contributed by atoms with Gasteiger partial charge in [-0.2, -0.15) is 0 Å². The van der Waals surface area contributed by atoms with E-state index in [9.17, 15) is 0 Å². The van der Waals surface area contributed by atoms with Crippen molar-refractivity contribution in [1.29, 1.82) is 0 Å². The lowest BCUT2D eigenvalue weighted by Gasteiger charge is -2.11. The van der Waals surface area contributed by atoms with E-state index in [1.165, 1.54) is 21.3 Å². The fraction of sp³-hybridized carbons (Fsp3) is 0.333. The summed E-state index contributed by atoms with van der Waals surface area (Å²) >= 11 is 1.73. The average molecular weight is 469 g/mol. The van der Waals surface area contributed by atoms with Gasteiger partial charge in [0.25, 0.3) is 0 Å². The lowest BCUT2D eigenvalue weighted by Crippen LogP contribution is -2.37. The van der Waals surface area contributed by atoms with E-state index >= 15 is 0 Å². The van der Waals surface area contributed by atoms with Gasteiger partial charge in [-0.05, 0) is 31.9 Å². The summed E-state index contributed by atoms with van der Waals surface area (Å²) in [6.45, 7) is 5.68. The number of hydrogen-bond acceptors (Lipinski definition) is 3. The van der Waals surface area contributed by atoms with Crippen LogP contribution in [-0.2, 0) is 13.0 Å². The molecule has 3 rings (SSSR count). The van der Waals surface area contributed by atoms with Gasteiger partial charge < -0.3 is 15.6 Å². The SMILES string of the molecule is CN=C(NCCc1c[nH]c2ccccc12)NCc1sc(C)nc1C.I. The Bertz CT molecular complexity index is 852. The van der Waals surface area contributed by atoms with Crippen molar-refractivity contribution >= 4 is 52.2 Å². The highest BCUT2D eigenvalue weighted by molar-refractivity contribution is 14.0. The van der Waals surface area contributed by atoms with E-state index in [0.717, 1.165) is 36.2 Å². The largest absolute Gasteiger partial charge is 0.361 e. The van der Waals surface area contributed by atoms with Crippen molar-refractivity contribution in [2.75, 3.05) is 13.6 Å². The quantitative estimate of drug-likeness (QED) is 0.303. The van der Waals surface area contributed by atoms with Gasteiger partial charge in [0, 0.05) is 35.6 Å². The molecule has 0 bridgehead atoms. The molecule has 2 aromatic heterocycles. The number of nitrogens with zero attached hydrogens (tertiary/aromatic N) is 2. The number of fused-ring (bicyclic) bond motifs is 1. The van der Waals surface area contributed by atoms with E-state index in [1.807, 2.05) is 13.8 Å². The molecule has 0 aliphatic rings. The summed E-state index contributed by atoms with van der Waals surface area (Å²) in [6.07, 6.45) is 3.04. The molecule has 25 heavy (non-hydrogen) atoms. The minimum Gasteiger partial charge on any atom is -0.361 e. The Morgan fingerprint density at radius 1 is 1.24 bits per heavy atom. The van der Waals surface area contributed by atoms with Crippen LogP contribution in [0, 0.1) is 13.8 Å². The van der Waals surface area contributed by atoms with Crippen LogP contribution in [0.2, 0.25) is 0 Å². The van der Waals surface area contributed by atoms with Crippen LogP contribution in [0.3, 0.4) is 0 Å². The number of halogens is 1. The van der Waals surface area contributed by atoms with Gasteiger partial charge in [0.15, 0.2) is 5.96 Å². The summed E-state index contributed by atoms with van der Waals surface area (Å²) in [6, 6.07) is 8.39. The summed E-state index contributed by atoms with van der Waals surface area (Å²) in [5, 5.41) is 9.13. The maximum absolute atomic E-state index is 4.45. The lowest BCUT2D eigenvalue weighted by molar-refractivity contribution is 0.798. The summed E-state index contributed by atoms with van der Waals surface area (Å²) in [7, 11) is 1.80. The molecule has 0 aliphatic carbocycles. The fourth-order valence-electron chi connectivity index (χ4n) is 2.78. The maximum atomic E-state index is 4.45. The Kier molecular flexibility index (Phi) is 7.24. The second-order valence-corrected chi connectivity index (χ2v) is 6.99. The minimum atomic E-state index is 0. The van der Waals surface area contributed by atoms with Crippen molar-refractivity contribution in [1.82, 2.24) is 20.6 Å². The molecular weight excluding hydrogens is 445 g/mol. The first kappa shape index (κ1) is 19.7. The Balaban J connectivity index is 0.00000225. The number of aryl methyl sites for hydroxylation is 2. The van der Waals surface area contributed by atoms with Gasteiger partial charge in [-0.25, -0.2) is 4.98 Å². The normalized spacial score (nSPS) is 11.4. The van der Waals surface area contributed by atoms with Crippen molar-refractivity contribution in [3.05, 3.63) is 51.6 Å². The third-order valence-corrected chi connectivity index (χ3v) is 5.07. The zero-order valence-corrected chi connectivity index (χ0v) is 17.9. The molecule has 0 saturated carbocycles. The number of thiazole rings is 1. The number of H-pyrrole nitrogens is 1. The molecule has 0 spiro atoms. The summed E-state index contributed by atoms with van der Waals surface area (Å²) in [5.74, 6) is 0.820. The standard InChI is InChI=1S/C18H23N5S.HI/c1-12-17(24-13(2)23-12)11-22-18(19-3)20-9-8-14-10-21-16-7-5-4-6-15(14)16;/h4-7,10,21H,8-9,11H2,1-3H3,(H2,19,20,22);1H. The molecule has 0 atom stereocenters. The first-order chi connectivity index (χ1) is 11.7. The summed E-state index contributed by atoms with van der Waals surface area (Å²) in [5.41, 5.74) is 3.60. The minimum absolute atomic E-state index is 0. The van der Waals surface area contributed by atoms with Gasteiger partial charge in [-0.1, -0.05) is 18.2 Å². The number of hydrogen-bond donors (Lipinski definition) is 3. The number of guanidine groups is 1. The molecule has 3 N–H and O–H groups in total. The monoisotopic (exact) mass is 469 g/mol. The highest BCUT2D eigenvalue weighted by Gasteiger charge is 2.06. The molecule has 1 aromatic carbocycles. The van der Waals surface area contributed by atoms with Crippen LogP contribution < -0.4 is 10.6 Å². The van der Waals surface area contributed by atoms with Crippen molar-refractivity contribution in [3.8, 4) is 0 Å². The van der Waals surface area contributed by atoms with E-state index in [4.69, 9.17) is 0 Å². The topological polar surface area (TPSA) is 65.1 Å². The van der Waals surface area contributed by atoms with E-state index in [1.54, 1.807) is 18.4 Å². The number of aromatic amines is 1. The maximum Gasteiger partial charge on any atom is 0.191 e. The van der Waals surface area contributed by atoms with Crippen molar-refractivity contribution < 1.29 is 0 Å². The smallest absolute Gasteiger partial charge is 0.191 e. The second-order valence-electron chi connectivity index (χ2n) is 5.70. The molecule has 3 aromatic rings. The Hall–Kier alpha value is -1.61. The van der Waals surface area contributed by atoms with Gasteiger partial charge >= 0.3 is 0 Å². The molecule has 0 fully saturated rings. The van der Waals surface area contributed by atoms with E-state index in [-0.39, 0.29) is 24.0 Å².